The summed E-state index contributed by atoms with van der Waals surface area (Å²) >= 11 is 0. The third-order valence-corrected chi connectivity index (χ3v) is 1.89. The van der Waals surface area contributed by atoms with E-state index in [2.05, 4.69) is 9.97 Å². The molecule has 0 saturated heterocycles. The molecule has 0 unspecified atom stereocenters. The van der Waals surface area contributed by atoms with E-state index in [-0.39, 0.29) is 11.2 Å². The molecule has 0 spiro atoms. The lowest BCUT2D eigenvalue weighted by Gasteiger charge is -2.18. The summed E-state index contributed by atoms with van der Waals surface area (Å²) in [5.74, 6) is 1.28. The molecular formula is C10H18N4O. The molecule has 5 heteroatoms. The molecule has 1 aromatic heterocycles. The monoisotopic (exact) mass is 210 g/mol. The van der Waals surface area contributed by atoms with Crippen LogP contribution in [0.15, 0.2) is 0 Å². The highest BCUT2D eigenvalue weighted by molar-refractivity contribution is 5.64. The molecule has 1 aromatic rings. The zero-order valence-electron chi connectivity index (χ0n) is 9.66. The van der Waals surface area contributed by atoms with Gasteiger partial charge in [-0.3, -0.25) is 0 Å². The van der Waals surface area contributed by atoms with E-state index in [4.69, 9.17) is 16.2 Å². The Morgan fingerprint density at radius 2 is 1.80 bits per heavy atom. The summed E-state index contributed by atoms with van der Waals surface area (Å²) in [5.41, 5.74) is 11.5. The Morgan fingerprint density at radius 3 is 2.27 bits per heavy atom. The van der Waals surface area contributed by atoms with E-state index < -0.39 is 0 Å². The maximum atomic E-state index is 5.71. The Balaban J connectivity index is 3.23. The Morgan fingerprint density at radius 1 is 1.20 bits per heavy atom. The Bertz CT molecular complexity index is 357. The number of nitrogen functional groups attached to an aromatic ring is 2. The van der Waals surface area contributed by atoms with Crippen LogP contribution in [-0.2, 0) is 5.41 Å². The first-order valence-electron chi connectivity index (χ1n) is 4.92. The van der Waals surface area contributed by atoms with Crippen molar-refractivity contribution in [2.45, 2.75) is 33.1 Å². The minimum absolute atomic E-state index is 0.173. The molecule has 0 bridgehead atoms. The SMILES string of the molecule is CCOc1nc(C(C)(C)C)nc(N)c1N. The third-order valence-electron chi connectivity index (χ3n) is 1.89. The highest BCUT2D eigenvalue weighted by Crippen LogP contribution is 2.28. The fraction of sp³-hybridized carbons (Fsp3) is 0.600. The molecule has 0 fully saturated rings. The van der Waals surface area contributed by atoms with Gasteiger partial charge in [0.05, 0.1) is 6.61 Å². The zero-order valence-corrected chi connectivity index (χ0v) is 9.66. The summed E-state index contributed by atoms with van der Waals surface area (Å²) in [5, 5.41) is 0. The molecule has 1 heterocycles. The Labute approximate surface area is 89.9 Å². The first-order valence-corrected chi connectivity index (χ1v) is 4.92. The summed E-state index contributed by atoms with van der Waals surface area (Å²) in [6, 6.07) is 0. The van der Waals surface area contributed by atoms with Crippen LogP contribution in [0, 0.1) is 0 Å². The molecule has 15 heavy (non-hydrogen) atoms. The van der Waals surface area contributed by atoms with Crippen molar-refractivity contribution >= 4 is 11.5 Å². The predicted molar refractivity (Wildman–Crippen MR) is 60.7 cm³/mol. The first-order chi connectivity index (χ1) is 6.86. The molecule has 0 aliphatic rings. The molecule has 5 nitrogen and oxygen atoms in total. The van der Waals surface area contributed by atoms with E-state index in [0.717, 1.165) is 0 Å². The van der Waals surface area contributed by atoms with E-state index in [1.54, 1.807) is 0 Å². The van der Waals surface area contributed by atoms with Gasteiger partial charge < -0.3 is 16.2 Å². The van der Waals surface area contributed by atoms with Gasteiger partial charge in [-0.25, -0.2) is 4.98 Å². The maximum Gasteiger partial charge on any atom is 0.242 e. The van der Waals surface area contributed by atoms with Crippen molar-refractivity contribution in [2.75, 3.05) is 18.1 Å². The van der Waals surface area contributed by atoms with Crippen molar-refractivity contribution in [2.24, 2.45) is 0 Å². The maximum absolute atomic E-state index is 5.71. The van der Waals surface area contributed by atoms with Crippen LogP contribution in [0.3, 0.4) is 0 Å². The van der Waals surface area contributed by atoms with Crippen LogP contribution in [0.2, 0.25) is 0 Å². The van der Waals surface area contributed by atoms with Crippen LogP contribution in [-0.4, -0.2) is 16.6 Å². The van der Waals surface area contributed by atoms with Crippen LogP contribution < -0.4 is 16.2 Å². The molecule has 84 valence electrons. The molecule has 0 saturated carbocycles. The van der Waals surface area contributed by atoms with Gasteiger partial charge in [-0.05, 0) is 6.92 Å². The number of aromatic nitrogens is 2. The van der Waals surface area contributed by atoms with Gasteiger partial charge in [-0.1, -0.05) is 20.8 Å². The summed E-state index contributed by atoms with van der Waals surface area (Å²) in [7, 11) is 0. The lowest BCUT2D eigenvalue weighted by atomic mass is 9.96. The van der Waals surface area contributed by atoms with E-state index in [1.807, 2.05) is 27.7 Å². The van der Waals surface area contributed by atoms with E-state index in [1.165, 1.54) is 0 Å². The summed E-state index contributed by atoms with van der Waals surface area (Å²) < 4.78 is 5.30. The fourth-order valence-corrected chi connectivity index (χ4v) is 1.05. The minimum atomic E-state index is -0.173. The molecule has 0 aliphatic heterocycles. The van der Waals surface area contributed by atoms with Crippen LogP contribution in [0.1, 0.15) is 33.5 Å². The number of hydrogen-bond donors (Lipinski definition) is 2. The largest absolute Gasteiger partial charge is 0.476 e. The van der Waals surface area contributed by atoms with Crippen molar-refractivity contribution in [3.05, 3.63) is 5.82 Å². The van der Waals surface area contributed by atoms with Gasteiger partial charge >= 0.3 is 0 Å². The molecule has 0 aliphatic carbocycles. The van der Waals surface area contributed by atoms with Crippen LogP contribution in [0.4, 0.5) is 11.5 Å². The number of nitrogens with two attached hydrogens (primary N) is 2. The van der Waals surface area contributed by atoms with Gasteiger partial charge in [0.1, 0.15) is 11.5 Å². The second-order valence-corrected chi connectivity index (χ2v) is 4.33. The quantitative estimate of drug-likeness (QED) is 0.769. The summed E-state index contributed by atoms with van der Waals surface area (Å²) in [4.78, 5) is 8.40. The lowest BCUT2D eigenvalue weighted by molar-refractivity contribution is 0.324. The van der Waals surface area contributed by atoms with E-state index in [9.17, 15) is 0 Å². The number of hydrogen-bond acceptors (Lipinski definition) is 5. The summed E-state index contributed by atoms with van der Waals surface area (Å²) in [6.45, 7) is 8.40. The molecule has 0 radical (unpaired) electrons. The lowest BCUT2D eigenvalue weighted by Crippen LogP contribution is -2.19. The molecule has 0 atom stereocenters. The zero-order chi connectivity index (χ0) is 11.6. The third kappa shape index (κ3) is 2.49. The summed E-state index contributed by atoms with van der Waals surface area (Å²) in [6.07, 6.45) is 0. The number of nitrogens with zero attached hydrogens (tertiary/aromatic N) is 2. The fourth-order valence-electron chi connectivity index (χ4n) is 1.05. The molecule has 1 rings (SSSR count). The standard InChI is InChI=1S/C10H18N4O/c1-5-15-8-6(11)7(12)13-9(14-8)10(2,3)4/h5,11H2,1-4H3,(H2,12,13,14). The highest BCUT2D eigenvalue weighted by Gasteiger charge is 2.21. The van der Waals surface area contributed by atoms with Crippen molar-refractivity contribution < 1.29 is 4.74 Å². The molecule has 0 aromatic carbocycles. The van der Waals surface area contributed by atoms with Gasteiger partial charge in [0, 0.05) is 5.41 Å². The van der Waals surface area contributed by atoms with E-state index in [0.29, 0.717) is 24.0 Å². The van der Waals surface area contributed by atoms with Gasteiger partial charge in [0.15, 0.2) is 5.82 Å². The van der Waals surface area contributed by atoms with Crippen molar-refractivity contribution in [1.29, 1.82) is 0 Å². The predicted octanol–water partition coefficient (Wildman–Crippen LogP) is 1.34. The first kappa shape index (κ1) is 11.6. The highest BCUT2D eigenvalue weighted by atomic mass is 16.5. The Kier molecular flexibility index (Phi) is 3.02. The number of rotatable bonds is 2. The van der Waals surface area contributed by atoms with Gasteiger partial charge in [0.25, 0.3) is 0 Å². The Hall–Kier alpha value is -1.52. The van der Waals surface area contributed by atoms with Gasteiger partial charge in [-0.2, -0.15) is 4.98 Å². The van der Waals surface area contributed by atoms with Crippen molar-refractivity contribution in [3.8, 4) is 5.88 Å². The molecular weight excluding hydrogens is 192 g/mol. The average molecular weight is 210 g/mol. The van der Waals surface area contributed by atoms with Gasteiger partial charge in [0.2, 0.25) is 5.88 Å². The number of anilines is 2. The second-order valence-electron chi connectivity index (χ2n) is 4.33. The molecule has 4 N–H and O–H groups in total. The van der Waals surface area contributed by atoms with Crippen LogP contribution in [0.5, 0.6) is 5.88 Å². The van der Waals surface area contributed by atoms with Crippen LogP contribution in [0.25, 0.3) is 0 Å². The van der Waals surface area contributed by atoms with Crippen molar-refractivity contribution in [1.82, 2.24) is 9.97 Å². The number of ether oxygens (including phenoxy) is 1. The normalized spacial score (nSPS) is 11.5. The van der Waals surface area contributed by atoms with Crippen molar-refractivity contribution in [3.63, 3.8) is 0 Å². The van der Waals surface area contributed by atoms with Crippen LogP contribution >= 0.6 is 0 Å². The second kappa shape index (κ2) is 3.92. The minimum Gasteiger partial charge on any atom is -0.476 e. The average Bonchev–Trinajstić information content (AvgIpc) is 2.11. The smallest absolute Gasteiger partial charge is 0.242 e. The topological polar surface area (TPSA) is 87.0 Å². The van der Waals surface area contributed by atoms with Gasteiger partial charge in [-0.15, -0.1) is 0 Å². The molecule has 0 amide bonds. The van der Waals surface area contributed by atoms with E-state index >= 15 is 0 Å².